The maximum atomic E-state index is 14.6. The molecule has 45 heavy (non-hydrogen) atoms. The summed E-state index contributed by atoms with van der Waals surface area (Å²) in [5.41, 5.74) is 4.48. The lowest BCUT2D eigenvalue weighted by Crippen LogP contribution is -2.56. The highest BCUT2D eigenvalue weighted by molar-refractivity contribution is 7.92. The zero-order valence-electron chi connectivity index (χ0n) is 26.9. The Bertz CT molecular complexity index is 1730. The van der Waals surface area contributed by atoms with Crippen LogP contribution in [0.15, 0.2) is 108 Å². The molecule has 0 bridgehead atoms. The SMILES string of the molecule is Cc1cccc(CN(C(=O)CN(c2ccc(C)c(C)c2)S(=O)(=O)c2ccccc2)[C@H](Cc2ccccc2)C(=O)NC(C)(C)C)c1. The predicted molar refractivity (Wildman–Crippen MR) is 180 cm³/mol. The Morgan fingerprint density at radius 1 is 0.756 bits per heavy atom. The fourth-order valence-electron chi connectivity index (χ4n) is 5.14. The summed E-state index contributed by atoms with van der Waals surface area (Å²) in [5, 5.41) is 3.06. The molecule has 0 aliphatic rings. The molecule has 7 nitrogen and oxygen atoms in total. The summed E-state index contributed by atoms with van der Waals surface area (Å²) in [5.74, 6) is -0.796. The molecule has 0 spiro atoms. The zero-order chi connectivity index (χ0) is 32.8. The Hall–Kier alpha value is -4.43. The van der Waals surface area contributed by atoms with Gasteiger partial charge >= 0.3 is 0 Å². The van der Waals surface area contributed by atoms with Crippen LogP contribution in [0.25, 0.3) is 0 Å². The van der Waals surface area contributed by atoms with Crippen molar-refractivity contribution in [3.05, 3.63) is 131 Å². The van der Waals surface area contributed by atoms with Gasteiger partial charge in [0.05, 0.1) is 10.6 Å². The summed E-state index contributed by atoms with van der Waals surface area (Å²) in [7, 11) is -4.14. The number of carbonyl (C=O) groups is 2. The Morgan fingerprint density at radius 2 is 1.38 bits per heavy atom. The molecular formula is C37H43N3O4S. The summed E-state index contributed by atoms with van der Waals surface area (Å²) < 4.78 is 29.5. The van der Waals surface area contributed by atoms with E-state index in [4.69, 9.17) is 0 Å². The third-order valence-corrected chi connectivity index (χ3v) is 9.38. The predicted octanol–water partition coefficient (Wildman–Crippen LogP) is 6.36. The molecule has 2 amide bonds. The first-order chi connectivity index (χ1) is 21.2. The van der Waals surface area contributed by atoms with Crippen molar-refractivity contribution >= 4 is 27.5 Å². The second kappa shape index (κ2) is 14.1. The molecule has 0 aromatic heterocycles. The number of aryl methyl sites for hydroxylation is 3. The molecule has 0 fully saturated rings. The monoisotopic (exact) mass is 625 g/mol. The molecule has 236 valence electrons. The van der Waals surface area contributed by atoms with Gasteiger partial charge in [-0.15, -0.1) is 0 Å². The quantitative estimate of drug-likeness (QED) is 0.210. The van der Waals surface area contributed by atoms with Crippen LogP contribution in [0.4, 0.5) is 5.69 Å². The Labute approximate surface area is 268 Å². The molecule has 0 unspecified atom stereocenters. The van der Waals surface area contributed by atoms with Gasteiger partial charge in [-0.25, -0.2) is 8.42 Å². The average molecular weight is 626 g/mol. The minimum atomic E-state index is -4.14. The van der Waals surface area contributed by atoms with E-state index in [-0.39, 0.29) is 23.8 Å². The number of carbonyl (C=O) groups excluding carboxylic acids is 2. The minimum Gasteiger partial charge on any atom is -0.350 e. The molecule has 0 saturated heterocycles. The molecule has 1 atom stereocenters. The molecule has 0 heterocycles. The lowest BCUT2D eigenvalue weighted by Gasteiger charge is -2.35. The third-order valence-electron chi connectivity index (χ3n) is 7.59. The maximum Gasteiger partial charge on any atom is 0.264 e. The number of hydrogen-bond donors (Lipinski definition) is 1. The Balaban J connectivity index is 1.83. The number of hydrogen-bond acceptors (Lipinski definition) is 4. The smallest absolute Gasteiger partial charge is 0.264 e. The molecule has 0 saturated carbocycles. The molecule has 4 rings (SSSR count). The van der Waals surface area contributed by atoms with Crippen molar-refractivity contribution in [2.75, 3.05) is 10.8 Å². The van der Waals surface area contributed by atoms with E-state index in [0.29, 0.717) is 5.69 Å². The van der Waals surface area contributed by atoms with E-state index in [1.807, 2.05) is 102 Å². The molecule has 4 aromatic carbocycles. The number of amides is 2. The number of sulfonamides is 1. The highest BCUT2D eigenvalue weighted by atomic mass is 32.2. The van der Waals surface area contributed by atoms with E-state index >= 15 is 0 Å². The van der Waals surface area contributed by atoms with Crippen LogP contribution in [0.2, 0.25) is 0 Å². The first kappa shape index (κ1) is 33.5. The number of nitrogens with one attached hydrogen (secondary N) is 1. The highest BCUT2D eigenvalue weighted by Crippen LogP contribution is 2.27. The first-order valence-corrected chi connectivity index (χ1v) is 16.5. The van der Waals surface area contributed by atoms with Crippen LogP contribution in [-0.4, -0.2) is 43.3 Å². The number of anilines is 1. The molecule has 0 aliphatic heterocycles. The van der Waals surface area contributed by atoms with Gasteiger partial charge in [-0.3, -0.25) is 13.9 Å². The summed E-state index contributed by atoms with van der Waals surface area (Å²) in [6, 6.07) is 29.9. The van der Waals surface area contributed by atoms with Crippen LogP contribution in [0.3, 0.4) is 0 Å². The standard InChI is InChI=1S/C37H43N3O4S/c1-27-14-13-17-31(22-27)25-39(34(36(42)38-37(4,5)6)24-30-15-9-7-10-16-30)35(41)26-40(32-21-20-28(2)29(3)23-32)45(43,44)33-18-11-8-12-19-33/h7-23,34H,24-26H2,1-6H3,(H,38,42)/t34-/m1/s1. The number of benzene rings is 4. The fraction of sp³-hybridized carbons (Fsp3) is 0.297. The van der Waals surface area contributed by atoms with Gasteiger partial charge in [-0.2, -0.15) is 0 Å². The van der Waals surface area contributed by atoms with Gasteiger partial charge in [0.1, 0.15) is 12.6 Å². The van der Waals surface area contributed by atoms with Crippen LogP contribution in [0.5, 0.6) is 0 Å². The number of rotatable bonds is 11. The molecule has 4 aromatic rings. The van der Waals surface area contributed by atoms with Crippen LogP contribution < -0.4 is 9.62 Å². The van der Waals surface area contributed by atoms with E-state index in [0.717, 1.165) is 32.1 Å². The van der Waals surface area contributed by atoms with E-state index in [9.17, 15) is 18.0 Å². The first-order valence-electron chi connectivity index (χ1n) is 15.1. The molecule has 8 heteroatoms. The second-order valence-corrected chi connectivity index (χ2v) is 14.4. The van der Waals surface area contributed by atoms with Crippen molar-refractivity contribution in [2.45, 2.75) is 71.0 Å². The van der Waals surface area contributed by atoms with Gasteiger partial charge in [-0.1, -0.05) is 84.4 Å². The van der Waals surface area contributed by atoms with Gasteiger partial charge in [0.15, 0.2) is 0 Å². The fourth-order valence-corrected chi connectivity index (χ4v) is 6.57. The van der Waals surface area contributed by atoms with Gasteiger partial charge < -0.3 is 10.2 Å². The van der Waals surface area contributed by atoms with Crippen molar-refractivity contribution in [1.82, 2.24) is 10.2 Å². The van der Waals surface area contributed by atoms with Gasteiger partial charge in [0, 0.05) is 18.5 Å². The summed E-state index contributed by atoms with van der Waals surface area (Å²) >= 11 is 0. The van der Waals surface area contributed by atoms with E-state index in [1.165, 1.54) is 17.0 Å². The summed E-state index contributed by atoms with van der Waals surface area (Å²) in [6.45, 7) is 11.1. The maximum absolute atomic E-state index is 14.6. The van der Waals surface area contributed by atoms with Crippen LogP contribution >= 0.6 is 0 Å². The van der Waals surface area contributed by atoms with Gasteiger partial charge in [0.2, 0.25) is 11.8 Å². The number of nitrogens with zero attached hydrogens (tertiary/aromatic N) is 2. The van der Waals surface area contributed by atoms with Crippen LogP contribution in [0.1, 0.15) is 48.6 Å². The largest absolute Gasteiger partial charge is 0.350 e. The van der Waals surface area contributed by atoms with Crippen molar-refractivity contribution in [1.29, 1.82) is 0 Å². The van der Waals surface area contributed by atoms with Crippen molar-refractivity contribution in [2.24, 2.45) is 0 Å². The van der Waals surface area contributed by atoms with Crippen molar-refractivity contribution < 1.29 is 18.0 Å². The third kappa shape index (κ3) is 8.82. The topological polar surface area (TPSA) is 86.8 Å². The van der Waals surface area contributed by atoms with E-state index in [1.54, 1.807) is 30.3 Å². The normalized spacial score (nSPS) is 12.3. The second-order valence-electron chi connectivity index (χ2n) is 12.5. The molecule has 0 aliphatic carbocycles. The summed E-state index contributed by atoms with van der Waals surface area (Å²) in [4.78, 5) is 30.2. The Morgan fingerprint density at radius 3 is 1.98 bits per heavy atom. The average Bonchev–Trinajstić information content (AvgIpc) is 2.99. The van der Waals surface area contributed by atoms with Crippen LogP contribution in [-0.2, 0) is 32.6 Å². The zero-order valence-corrected chi connectivity index (χ0v) is 27.8. The molecule has 0 radical (unpaired) electrons. The Kier molecular flexibility index (Phi) is 10.5. The van der Waals surface area contributed by atoms with E-state index in [2.05, 4.69) is 5.32 Å². The molecular weight excluding hydrogens is 582 g/mol. The lowest BCUT2D eigenvalue weighted by molar-refractivity contribution is -0.140. The van der Waals surface area contributed by atoms with Gasteiger partial charge in [0.25, 0.3) is 10.0 Å². The van der Waals surface area contributed by atoms with Crippen molar-refractivity contribution in [3.63, 3.8) is 0 Å². The minimum absolute atomic E-state index is 0.0765. The van der Waals surface area contributed by atoms with Crippen LogP contribution in [0, 0.1) is 20.8 Å². The van der Waals surface area contributed by atoms with Crippen molar-refractivity contribution in [3.8, 4) is 0 Å². The van der Waals surface area contributed by atoms with E-state index < -0.39 is 34.1 Å². The lowest BCUT2D eigenvalue weighted by atomic mass is 10.0. The highest BCUT2D eigenvalue weighted by Gasteiger charge is 2.35. The molecule has 1 N–H and O–H groups in total. The van der Waals surface area contributed by atoms with Gasteiger partial charge in [-0.05, 0) is 88.1 Å². The summed E-state index contributed by atoms with van der Waals surface area (Å²) in [6.07, 6.45) is 0.259.